The van der Waals surface area contributed by atoms with Gasteiger partial charge in [0.25, 0.3) is 0 Å². The maximum absolute atomic E-state index is 12.1. The van der Waals surface area contributed by atoms with E-state index in [4.69, 9.17) is 5.73 Å². The summed E-state index contributed by atoms with van der Waals surface area (Å²) in [5.41, 5.74) is 7.25. The van der Waals surface area contributed by atoms with Crippen molar-refractivity contribution >= 4 is 15.7 Å². The van der Waals surface area contributed by atoms with Crippen molar-refractivity contribution in [2.45, 2.75) is 24.8 Å². The number of rotatable bonds is 6. The monoisotopic (exact) mass is 295 g/mol. The minimum absolute atomic E-state index is 0.172. The lowest BCUT2D eigenvalue weighted by molar-refractivity contribution is 0.553. The molecule has 1 aromatic heterocycles. The van der Waals surface area contributed by atoms with Crippen LogP contribution in [0.4, 0.5) is 5.69 Å². The highest BCUT2D eigenvalue weighted by Gasteiger charge is 2.14. The first kappa shape index (κ1) is 14.5. The van der Waals surface area contributed by atoms with Crippen LogP contribution in [0, 0.1) is 0 Å². The van der Waals surface area contributed by atoms with Crippen molar-refractivity contribution in [3.63, 3.8) is 0 Å². The van der Waals surface area contributed by atoms with Crippen LogP contribution in [0.25, 0.3) is 0 Å². The third-order valence-corrected chi connectivity index (χ3v) is 4.37. The Kier molecular flexibility index (Phi) is 4.35. The van der Waals surface area contributed by atoms with E-state index in [0.717, 1.165) is 12.0 Å². The summed E-state index contributed by atoms with van der Waals surface area (Å²) in [4.78, 5) is 0.172. The van der Waals surface area contributed by atoms with E-state index in [-0.39, 0.29) is 11.4 Å². The van der Waals surface area contributed by atoms with E-state index >= 15 is 0 Å². The van der Waals surface area contributed by atoms with Gasteiger partial charge in [0.1, 0.15) is 0 Å². The van der Waals surface area contributed by atoms with E-state index < -0.39 is 10.0 Å². The van der Waals surface area contributed by atoms with E-state index in [2.05, 4.69) is 15.0 Å². The van der Waals surface area contributed by atoms with Gasteiger partial charge in [0.15, 0.2) is 0 Å². The molecule has 0 unspecified atom stereocenters. The van der Waals surface area contributed by atoms with Crippen LogP contribution in [0.15, 0.2) is 35.5 Å². The van der Waals surface area contributed by atoms with Crippen molar-refractivity contribution in [3.8, 4) is 0 Å². The summed E-state index contributed by atoms with van der Waals surface area (Å²) >= 11 is 0. The predicted molar refractivity (Wildman–Crippen MR) is 75.4 cm³/mol. The van der Waals surface area contributed by atoms with Gasteiger partial charge in [-0.2, -0.15) is 0 Å². The zero-order chi connectivity index (χ0) is 14.6. The van der Waals surface area contributed by atoms with Gasteiger partial charge in [-0.15, -0.1) is 5.10 Å². The van der Waals surface area contributed by atoms with Crippen molar-refractivity contribution < 1.29 is 8.42 Å². The van der Waals surface area contributed by atoms with Gasteiger partial charge in [-0.05, 0) is 24.1 Å². The SMILES string of the molecule is CCc1ccc(S(=O)(=O)NCCn2ccnn2)cc1N. The van der Waals surface area contributed by atoms with Crippen LogP contribution in [0.2, 0.25) is 0 Å². The number of nitrogen functional groups attached to an aromatic ring is 1. The molecule has 0 aliphatic carbocycles. The van der Waals surface area contributed by atoms with Crippen molar-refractivity contribution in [2.24, 2.45) is 0 Å². The van der Waals surface area contributed by atoms with Crippen LogP contribution < -0.4 is 10.5 Å². The van der Waals surface area contributed by atoms with Gasteiger partial charge >= 0.3 is 0 Å². The summed E-state index contributed by atoms with van der Waals surface area (Å²) in [6.07, 6.45) is 3.98. The summed E-state index contributed by atoms with van der Waals surface area (Å²) in [6.45, 7) is 2.62. The van der Waals surface area contributed by atoms with Crippen molar-refractivity contribution in [2.75, 3.05) is 12.3 Å². The average Bonchev–Trinajstić information content (AvgIpc) is 2.91. The summed E-state index contributed by atoms with van der Waals surface area (Å²) < 4.78 is 28.3. The largest absolute Gasteiger partial charge is 0.398 e. The number of hydrogen-bond acceptors (Lipinski definition) is 5. The van der Waals surface area contributed by atoms with E-state index in [9.17, 15) is 8.42 Å². The summed E-state index contributed by atoms with van der Waals surface area (Å²) in [7, 11) is -3.55. The van der Waals surface area contributed by atoms with Crippen LogP contribution in [0.5, 0.6) is 0 Å². The smallest absolute Gasteiger partial charge is 0.240 e. The molecule has 0 saturated carbocycles. The molecule has 2 aromatic rings. The number of benzene rings is 1. The molecule has 0 atom stereocenters. The Morgan fingerprint density at radius 2 is 2.20 bits per heavy atom. The van der Waals surface area contributed by atoms with Crippen LogP contribution in [-0.2, 0) is 23.0 Å². The molecule has 20 heavy (non-hydrogen) atoms. The van der Waals surface area contributed by atoms with Crippen molar-refractivity contribution in [1.82, 2.24) is 19.7 Å². The second-order valence-corrected chi connectivity index (χ2v) is 6.05. The van der Waals surface area contributed by atoms with Gasteiger partial charge in [0, 0.05) is 18.4 Å². The predicted octanol–water partition coefficient (Wildman–Crippen LogP) is 0.401. The standard InChI is InChI=1S/C12H17N5O2S/c1-2-10-3-4-11(9-12(10)13)20(18,19)15-6-8-17-7-5-14-16-17/h3-5,7,9,15H,2,6,8,13H2,1H3. The minimum atomic E-state index is -3.55. The Morgan fingerprint density at radius 1 is 1.40 bits per heavy atom. The lowest BCUT2D eigenvalue weighted by Crippen LogP contribution is -2.27. The van der Waals surface area contributed by atoms with Crippen molar-refractivity contribution in [1.29, 1.82) is 0 Å². The molecule has 2 rings (SSSR count). The summed E-state index contributed by atoms with van der Waals surface area (Å²) in [5.74, 6) is 0. The van der Waals surface area contributed by atoms with Gasteiger partial charge in [0.05, 0.1) is 17.6 Å². The van der Waals surface area contributed by atoms with E-state index in [1.807, 2.05) is 6.92 Å². The highest BCUT2D eigenvalue weighted by molar-refractivity contribution is 7.89. The summed E-state index contributed by atoms with van der Waals surface area (Å²) in [6, 6.07) is 4.78. The molecule has 108 valence electrons. The fourth-order valence-electron chi connectivity index (χ4n) is 1.79. The van der Waals surface area contributed by atoms with Gasteiger partial charge in [-0.25, -0.2) is 13.1 Å². The Bertz CT molecular complexity index is 667. The molecular formula is C12H17N5O2S. The second kappa shape index (κ2) is 6.02. The molecule has 0 spiro atoms. The minimum Gasteiger partial charge on any atom is -0.398 e. The van der Waals surface area contributed by atoms with Gasteiger partial charge < -0.3 is 5.73 Å². The Labute approximate surface area is 117 Å². The van der Waals surface area contributed by atoms with Crippen molar-refractivity contribution in [3.05, 3.63) is 36.2 Å². The van der Waals surface area contributed by atoms with E-state index in [1.165, 1.54) is 6.07 Å². The maximum Gasteiger partial charge on any atom is 0.240 e. The molecule has 0 radical (unpaired) electrons. The molecule has 0 aliphatic heterocycles. The molecule has 3 N–H and O–H groups in total. The number of sulfonamides is 1. The molecule has 8 heteroatoms. The highest BCUT2D eigenvalue weighted by atomic mass is 32.2. The molecule has 7 nitrogen and oxygen atoms in total. The highest BCUT2D eigenvalue weighted by Crippen LogP contribution is 2.18. The molecule has 0 bridgehead atoms. The third kappa shape index (κ3) is 3.34. The van der Waals surface area contributed by atoms with Gasteiger partial charge in [-0.3, -0.25) is 4.68 Å². The Balaban J connectivity index is 2.04. The fourth-order valence-corrected chi connectivity index (χ4v) is 2.85. The number of aromatic nitrogens is 3. The van der Waals surface area contributed by atoms with Crippen LogP contribution in [0.3, 0.4) is 0 Å². The number of anilines is 1. The molecule has 0 aliphatic rings. The molecular weight excluding hydrogens is 278 g/mol. The first-order valence-corrected chi connectivity index (χ1v) is 7.73. The van der Waals surface area contributed by atoms with E-state index in [0.29, 0.717) is 12.2 Å². The van der Waals surface area contributed by atoms with Crippen LogP contribution >= 0.6 is 0 Å². The maximum atomic E-state index is 12.1. The molecule has 1 heterocycles. The van der Waals surface area contributed by atoms with E-state index in [1.54, 1.807) is 29.2 Å². The summed E-state index contributed by atoms with van der Waals surface area (Å²) in [5, 5.41) is 7.40. The number of nitrogens with two attached hydrogens (primary N) is 1. The first-order valence-electron chi connectivity index (χ1n) is 6.25. The Morgan fingerprint density at radius 3 is 2.80 bits per heavy atom. The van der Waals surface area contributed by atoms with Gasteiger partial charge in [-0.1, -0.05) is 18.2 Å². The molecule has 0 fully saturated rings. The average molecular weight is 295 g/mol. The number of nitrogens with zero attached hydrogens (tertiary/aromatic N) is 3. The molecule has 1 aromatic carbocycles. The van der Waals surface area contributed by atoms with Crippen LogP contribution in [0.1, 0.15) is 12.5 Å². The lowest BCUT2D eigenvalue weighted by Gasteiger charge is -2.09. The number of hydrogen-bond donors (Lipinski definition) is 2. The second-order valence-electron chi connectivity index (χ2n) is 4.28. The van der Waals surface area contributed by atoms with Crippen LogP contribution in [-0.4, -0.2) is 30.0 Å². The normalized spacial score (nSPS) is 11.7. The first-order chi connectivity index (χ1) is 9.53. The van der Waals surface area contributed by atoms with Gasteiger partial charge in [0.2, 0.25) is 10.0 Å². The number of nitrogens with one attached hydrogen (secondary N) is 1. The quantitative estimate of drug-likeness (QED) is 0.751. The zero-order valence-corrected chi connectivity index (χ0v) is 12.0. The Hall–Kier alpha value is -1.93. The fraction of sp³-hybridized carbons (Fsp3) is 0.333. The molecule has 0 amide bonds. The zero-order valence-electron chi connectivity index (χ0n) is 11.2. The lowest BCUT2D eigenvalue weighted by atomic mass is 10.1. The molecule has 0 saturated heterocycles. The third-order valence-electron chi connectivity index (χ3n) is 2.91. The topological polar surface area (TPSA) is 103 Å². The number of aryl methyl sites for hydroxylation is 1.